The summed E-state index contributed by atoms with van der Waals surface area (Å²) in [6, 6.07) is 9.46. The number of ether oxygens (including phenoxy) is 1. The number of benzene rings is 1. The van der Waals surface area contributed by atoms with Crippen molar-refractivity contribution in [2.45, 2.75) is 18.9 Å². The highest BCUT2D eigenvalue weighted by Crippen LogP contribution is 2.23. The Labute approximate surface area is 124 Å². The summed E-state index contributed by atoms with van der Waals surface area (Å²) in [6.45, 7) is 5.35. The fourth-order valence-corrected chi connectivity index (χ4v) is 2.55. The predicted molar refractivity (Wildman–Crippen MR) is 82.0 cm³/mol. The molecule has 2 fully saturated rings. The Balaban J connectivity index is 1.65. The van der Waals surface area contributed by atoms with Crippen molar-refractivity contribution in [3.05, 3.63) is 42.6 Å². The smallest absolute Gasteiger partial charge is 0.260 e. The average molecular weight is 285 g/mol. The SMILES string of the molecule is C=C1NN(c2ccccc2)C(=O)[C@@H]1C=NC[C@H]1CCCO1. The molecule has 2 heterocycles. The predicted octanol–water partition coefficient (Wildman–Crippen LogP) is 1.92. The molecule has 1 aromatic carbocycles. The van der Waals surface area contributed by atoms with Crippen LogP contribution in [-0.2, 0) is 9.53 Å². The quantitative estimate of drug-likeness (QED) is 0.860. The Morgan fingerprint density at radius 2 is 2.24 bits per heavy atom. The van der Waals surface area contributed by atoms with Gasteiger partial charge in [0.15, 0.2) is 0 Å². The van der Waals surface area contributed by atoms with E-state index in [2.05, 4.69) is 17.0 Å². The second kappa shape index (κ2) is 6.10. The van der Waals surface area contributed by atoms with Crippen LogP contribution in [0, 0.1) is 5.92 Å². The van der Waals surface area contributed by atoms with Crippen LogP contribution in [-0.4, -0.2) is 31.4 Å². The molecule has 5 nitrogen and oxygen atoms in total. The third-order valence-electron chi connectivity index (χ3n) is 3.72. The zero-order valence-electron chi connectivity index (χ0n) is 11.9. The monoisotopic (exact) mass is 285 g/mol. The molecule has 0 unspecified atom stereocenters. The van der Waals surface area contributed by atoms with E-state index >= 15 is 0 Å². The Morgan fingerprint density at radius 1 is 1.43 bits per heavy atom. The van der Waals surface area contributed by atoms with E-state index in [4.69, 9.17) is 4.74 Å². The van der Waals surface area contributed by atoms with E-state index in [0.29, 0.717) is 12.2 Å². The molecule has 2 aliphatic heterocycles. The number of rotatable bonds is 4. The van der Waals surface area contributed by atoms with Crippen LogP contribution in [0.5, 0.6) is 0 Å². The van der Waals surface area contributed by atoms with Gasteiger partial charge in [0.25, 0.3) is 5.91 Å². The lowest BCUT2D eigenvalue weighted by Crippen LogP contribution is -2.34. The third-order valence-corrected chi connectivity index (χ3v) is 3.72. The number of carbonyl (C=O) groups is 1. The largest absolute Gasteiger partial charge is 0.376 e. The van der Waals surface area contributed by atoms with E-state index in [9.17, 15) is 4.79 Å². The standard InChI is InChI=1S/C16H19N3O2/c1-12-15(11-17-10-14-8-5-9-21-14)16(20)19(18-12)13-6-3-2-4-7-13/h2-4,6-7,11,14-15,18H,1,5,8-10H2/t14-,15-/m1/s1. The second-order valence-electron chi connectivity index (χ2n) is 5.27. The zero-order chi connectivity index (χ0) is 14.7. The minimum Gasteiger partial charge on any atom is -0.376 e. The van der Waals surface area contributed by atoms with Gasteiger partial charge in [0.05, 0.1) is 18.3 Å². The number of anilines is 1. The highest BCUT2D eigenvalue weighted by atomic mass is 16.5. The molecule has 1 amide bonds. The van der Waals surface area contributed by atoms with Crippen molar-refractivity contribution in [3.8, 4) is 0 Å². The third kappa shape index (κ3) is 2.97. The highest BCUT2D eigenvalue weighted by molar-refractivity contribution is 6.07. The molecule has 0 saturated carbocycles. The molecule has 0 bridgehead atoms. The first-order chi connectivity index (χ1) is 10.3. The number of hydrogen-bond acceptors (Lipinski definition) is 4. The fraction of sp³-hybridized carbons (Fsp3) is 0.375. The molecule has 110 valence electrons. The lowest BCUT2D eigenvalue weighted by molar-refractivity contribution is -0.118. The highest BCUT2D eigenvalue weighted by Gasteiger charge is 2.34. The number of carbonyl (C=O) groups excluding carboxylic acids is 1. The van der Waals surface area contributed by atoms with Gasteiger partial charge in [-0.15, -0.1) is 0 Å². The van der Waals surface area contributed by atoms with Gasteiger partial charge in [-0.1, -0.05) is 24.8 Å². The van der Waals surface area contributed by atoms with Crippen molar-refractivity contribution < 1.29 is 9.53 Å². The van der Waals surface area contributed by atoms with E-state index in [-0.39, 0.29) is 12.0 Å². The summed E-state index contributed by atoms with van der Waals surface area (Å²) >= 11 is 0. The molecule has 5 heteroatoms. The molecule has 2 atom stereocenters. The van der Waals surface area contributed by atoms with Gasteiger partial charge in [0.2, 0.25) is 0 Å². The molecule has 2 aliphatic rings. The first-order valence-electron chi connectivity index (χ1n) is 7.22. The summed E-state index contributed by atoms with van der Waals surface area (Å²) in [5.74, 6) is -0.464. The van der Waals surface area contributed by atoms with E-state index in [1.54, 1.807) is 6.21 Å². The maximum Gasteiger partial charge on any atom is 0.260 e. The summed E-state index contributed by atoms with van der Waals surface area (Å²) in [4.78, 5) is 16.8. The number of nitrogens with one attached hydrogen (secondary N) is 1. The molecule has 0 spiro atoms. The number of para-hydroxylation sites is 1. The molecular formula is C16H19N3O2. The number of amides is 1. The molecular weight excluding hydrogens is 266 g/mol. The first kappa shape index (κ1) is 13.8. The van der Waals surface area contributed by atoms with Gasteiger partial charge in [0, 0.05) is 18.5 Å². The minimum absolute atomic E-state index is 0.0534. The van der Waals surface area contributed by atoms with Crippen LogP contribution in [0.3, 0.4) is 0 Å². The summed E-state index contributed by atoms with van der Waals surface area (Å²) in [5, 5.41) is 1.52. The van der Waals surface area contributed by atoms with Crippen molar-refractivity contribution in [1.29, 1.82) is 0 Å². The van der Waals surface area contributed by atoms with E-state index in [0.717, 1.165) is 25.1 Å². The van der Waals surface area contributed by atoms with Crippen LogP contribution in [0.2, 0.25) is 0 Å². The van der Waals surface area contributed by atoms with Crippen molar-refractivity contribution in [3.63, 3.8) is 0 Å². The Hall–Kier alpha value is -2.14. The lowest BCUT2D eigenvalue weighted by atomic mass is 10.1. The van der Waals surface area contributed by atoms with E-state index in [1.165, 1.54) is 5.01 Å². The van der Waals surface area contributed by atoms with Gasteiger partial charge in [-0.25, -0.2) is 5.01 Å². The number of nitrogens with zero attached hydrogens (tertiary/aromatic N) is 2. The van der Waals surface area contributed by atoms with Crippen molar-refractivity contribution in [2.75, 3.05) is 18.2 Å². The average Bonchev–Trinajstić information content (AvgIpc) is 3.11. The topological polar surface area (TPSA) is 53.9 Å². The summed E-state index contributed by atoms with van der Waals surface area (Å²) in [5.41, 5.74) is 4.47. The van der Waals surface area contributed by atoms with Crippen LogP contribution < -0.4 is 10.4 Å². The molecule has 0 aromatic heterocycles. The van der Waals surface area contributed by atoms with Gasteiger partial charge in [-0.05, 0) is 25.0 Å². The Kier molecular flexibility index (Phi) is 4.01. The number of hydrazine groups is 1. The van der Waals surface area contributed by atoms with Crippen molar-refractivity contribution in [2.24, 2.45) is 10.9 Å². The molecule has 2 saturated heterocycles. The molecule has 1 N–H and O–H groups in total. The molecule has 1 aromatic rings. The molecule has 0 radical (unpaired) electrons. The fourth-order valence-electron chi connectivity index (χ4n) is 2.55. The Morgan fingerprint density at radius 3 is 2.95 bits per heavy atom. The zero-order valence-corrected chi connectivity index (χ0v) is 11.9. The van der Waals surface area contributed by atoms with Crippen LogP contribution in [0.15, 0.2) is 47.6 Å². The van der Waals surface area contributed by atoms with Crippen molar-refractivity contribution in [1.82, 2.24) is 5.43 Å². The normalized spacial score (nSPS) is 25.8. The van der Waals surface area contributed by atoms with E-state index in [1.807, 2.05) is 30.3 Å². The van der Waals surface area contributed by atoms with Crippen LogP contribution in [0.25, 0.3) is 0 Å². The minimum atomic E-state index is -0.411. The van der Waals surface area contributed by atoms with Crippen LogP contribution >= 0.6 is 0 Å². The number of hydrogen-bond donors (Lipinski definition) is 1. The molecule has 0 aliphatic carbocycles. The molecule has 21 heavy (non-hydrogen) atoms. The first-order valence-corrected chi connectivity index (χ1v) is 7.22. The van der Waals surface area contributed by atoms with Gasteiger partial charge in [-0.2, -0.15) is 0 Å². The Bertz CT molecular complexity index is 550. The summed E-state index contributed by atoms with van der Waals surface area (Å²) in [7, 11) is 0. The van der Waals surface area contributed by atoms with Gasteiger partial charge < -0.3 is 4.74 Å². The number of aliphatic imine (C=N–C) groups is 1. The summed E-state index contributed by atoms with van der Waals surface area (Å²) < 4.78 is 5.51. The second-order valence-corrected chi connectivity index (χ2v) is 5.27. The van der Waals surface area contributed by atoms with Crippen LogP contribution in [0.1, 0.15) is 12.8 Å². The van der Waals surface area contributed by atoms with E-state index < -0.39 is 5.92 Å². The van der Waals surface area contributed by atoms with Crippen LogP contribution in [0.4, 0.5) is 5.69 Å². The van der Waals surface area contributed by atoms with Gasteiger partial charge >= 0.3 is 0 Å². The lowest BCUT2D eigenvalue weighted by Gasteiger charge is -2.15. The van der Waals surface area contributed by atoms with Crippen molar-refractivity contribution >= 4 is 17.8 Å². The maximum absolute atomic E-state index is 12.4. The summed E-state index contributed by atoms with van der Waals surface area (Å²) in [6.07, 6.45) is 4.02. The molecule has 3 rings (SSSR count). The van der Waals surface area contributed by atoms with Gasteiger partial charge in [0.1, 0.15) is 5.92 Å². The maximum atomic E-state index is 12.4. The van der Waals surface area contributed by atoms with Gasteiger partial charge in [-0.3, -0.25) is 15.2 Å².